The first-order valence-corrected chi connectivity index (χ1v) is 1.58. The predicted molar refractivity (Wildman–Crippen MR) is 19.4 cm³/mol. The molecule has 0 aliphatic heterocycles. The maximum Gasteiger partial charge on any atom is 0.0573 e. The van der Waals surface area contributed by atoms with Crippen molar-refractivity contribution in [3.05, 3.63) is 17.0 Å². The van der Waals surface area contributed by atoms with Crippen molar-refractivity contribution in [3.8, 4) is 0 Å². The quantitative estimate of drug-likeness (QED) is 0.452. The summed E-state index contributed by atoms with van der Waals surface area (Å²) in [6.45, 7) is 1.93. The van der Waals surface area contributed by atoms with Gasteiger partial charge in [0.1, 0.15) is 0 Å². The molecule has 0 aliphatic rings. The van der Waals surface area contributed by atoms with Crippen molar-refractivity contribution in [2.45, 2.75) is 6.92 Å². The van der Waals surface area contributed by atoms with Crippen LogP contribution in [0.4, 0.5) is 0 Å². The molecule has 0 amide bonds. The lowest BCUT2D eigenvalue weighted by atomic mass is 10.6. The van der Waals surface area contributed by atoms with Gasteiger partial charge in [-0.15, -0.1) is 0 Å². The van der Waals surface area contributed by atoms with Gasteiger partial charge in [-0.2, -0.15) is 0 Å². The molecule has 0 heterocycles. The Kier molecular flexibility index (Phi) is 0.254. The van der Waals surface area contributed by atoms with Gasteiger partial charge in [0, 0.05) is 0 Å². The van der Waals surface area contributed by atoms with Crippen molar-refractivity contribution < 1.29 is 0 Å². The van der Waals surface area contributed by atoms with E-state index in [0.29, 0.717) is 5.36 Å². The molecule has 1 aromatic carbocycles. The van der Waals surface area contributed by atoms with Crippen LogP contribution < -0.4 is 5.36 Å². The van der Waals surface area contributed by atoms with Gasteiger partial charge in [0.15, 0.2) is 0 Å². The summed E-state index contributed by atoms with van der Waals surface area (Å²) in [5, 5.41) is 7.44. The average Bonchev–Trinajstić information content (AvgIpc) is 1.79. The molecule has 0 radical (unpaired) electrons. The van der Waals surface area contributed by atoms with E-state index in [-0.39, 0.29) is 0 Å². The zero-order valence-corrected chi connectivity index (χ0v) is 3.08. The number of aryl methyl sites for hydroxylation is 1. The van der Waals surface area contributed by atoms with Gasteiger partial charge < -0.3 is 5.41 Å². The lowest BCUT2D eigenvalue weighted by Gasteiger charge is -1.43. The van der Waals surface area contributed by atoms with Gasteiger partial charge in [-0.1, -0.05) is 0 Å². The average molecular weight is 67.1 g/mol. The van der Waals surface area contributed by atoms with Crippen LogP contribution in [0.1, 0.15) is 5.56 Å². The van der Waals surface area contributed by atoms with Crippen molar-refractivity contribution in [1.82, 2.24) is 0 Å². The van der Waals surface area contributed by atoms with Gasteiger partial charge in [-0.3, -0.25) is 0 Å². The standard InChI is InChI=1S/C4H5N/c1-3-2-4(3)5/h2,5H,1H3. The molecule has 5 heavy (non-hydrogen) atoms. The van der Waals surface area contributed by atoms with Crippen LogP contribution in [-0.4, -0.2) is 0 Å². The van der Waals surface area contributed by atoms with Crippen LogP contribution in [0.3, 0.4) is 0 Å². The molecule has 0 aromatic heterocycles. The molecule has 1 rings (SSSR count). The molecule has 0 saturated carbocycles. The van der Waals surface area contributed by atoms with E-state index in [1.54, 1.807) is 0 Å². The summed E-state index contributed by atoms with van der Waals surface area (Å²) in [7, 11) is 0. The van der Waals surface area contributed by atoms with E-state index < -0.39 is 0 Å². The highest BCUT2D eigenvalue weighted by Crippen LogP contribution is 1.84. The third kappa shape index (κ3) is 0.232. The second-order valence-electron chi connectivity index (χ2n) is 1.24. The maximum absolute atomic E-state index is 6.72. The second kappa shape index (κ2) is 0.482. The minimum atomic E-state index is 0.713. The van der Waals surface area contributed by atoms with E-state index in [1.165, 1.54) is 0 Å². The van der Waals surface area contributed by atoms with Gasteiger partial charge in [-0.25, -0.2) is 0 Å². The van der Waals surface area contributed by atoms with E-state index in [4.69, 9.17) is 5.41 Å². The summed E-state index contributed by atoms with van der Waals surface area (Å²) in [6, 6.07) is 1.83. The van der Waals surface area contributed by atoms with Gasteiger partial charge in [0.25, 0.3) is 0 Å². The smallest absolute Gasteiger partial charge is 0.0573 e. The summed E-state index contributed by atoms with van der Waals surface area (Å²) in [6.07, 6.45) is 0. The van der Waals surface area contributed by atoms with E-state index in [9.17, 15) is 0 Å². The lowest BCUT2D eigenvalue weighted by Crippen LogP contribution is -1.69. The predicted octanol–water partition coefficient (Wildman–Crippen LogP) is 0.350. The number of nitrogens with one attached hydrogen (secondary N) is 1. The number of hydrogen-bond donors (Lipinski definition) is 1. The molecule has 0 saturated heterocycles. The lowest BCUT2D eigenvalue weighted by molar-refractivity contribution is 1.34. The van der Waals surface area contributed by atoms with Crippen LogP contribution >= 0.6 is 0 Å². The molecule has 0 bridgehead atoms. The maximum atomic E-state index is 6.72. The molecule has 0 unspecified atom stereocenters. The first kappa shape index (κ1) is 2.64. The van der Waals surface area contributed by atoms with Crippen molar-refractivity contribution in [1.29, 1.82) is 5.41 Å². The Morgan fingerprint density at radius 1 is 1.80 bits per heavy atom. The summed E-state index contributed by atoms with van der Waals surface area (Å²) in [5.74, 6) is 0. The van der Waals surface area contributed by atoms with Crippen molar-refractivity contribution in [2.75, 3.05) is 0 Å². The molecule has 0 spiro atoms. The van der Waals surface area contributed by atoms with E-state index in [1.807, 2.05) is 13.0 Å². The Hall–Kier alpha value is -0.590. The number of hydrogen-bond acceptors (Lipinski definition) is 1. The Labute approximate surface area is 30.5 Å². The molecule has 1 N–H and O–H groups in total. The third-order valence-corrected chi connectivity index (χ3v) is 0.702. The van der Waals surface area contributed by atoms with Gasteiger partial charge >= 0.3 is 0 Å². The first-order chi connectivity index (χ1) is 2.30. The summed E-state index contributed by atoms with van der Waals surface area (Å²) in [4.78, 5) is 0. The monoisotopic (exact) mass is 67.0 g/mol. The zero-order chi connectivity index (χ0) is 3.86. The highest BCUT2D eigenvalue weighted by Gasteiger charge is 1.90. The zero-order valence-electron chi connectivity index (χ0n) is 3.08. The minimum Gasteiger partial charge on any atom is -0.301 e. The van der Waals surface area contributed by atoms with Gasteiger partial charge in [-0.05, 0) is 18.6 Å². The Morgan fingerprint density at radius 2 is 2.00 bits per heavy atom. The number of rotatable bonds is 0. The summed E-state index contributed by atoms with van der Waals surface area (Å²) in [5.41, 5.74) is 1.13. The second-order valence-corrected chi connectivity index (χ2v) is 1.24. The van der Waals surface area contributed by atoms with Crippen LogP contribution in [0.15, 0.2) is 6.07 Å². The normalized spacial score (nSPS) is 9.80. The topological polar surface area (TPSA) is 23.9 Å². The van der Waals surface area contributed by atoms with Crippen molar-refractivity contribution >= 4 is 0 Å². The van der Waals surface area contributed by atoms with Crippen LogP contribution in [0.25, 0.3) is 0 Å². The fourth-order valence-electron chi connectivity index (χ4n) is 0.180. The molecule has 0 aliphatic carbocycles. The van der Waals surface area contributed by atoms with Crippen molar-refractivity contribution in [3.63, 3.8) is 0 Å². The molecular formula is C4H5N. The van der Waals surface area contributed by atoms with Crippen LogP contribution in [0.2, 0.25) is 0 Å². The van der Waals surface area contributed by atoms with E-state index >= 15 is 0 Å². The highest BCUT2D eigenvalue weighted by molar-refractivity contribution is 5.17. The van der Waals surface area contributed by atoms with Crippen LogP contribution in [0.5, 0.6) is 0 Å². The largest absolute Gasteiger partial charge is 0.301 e. The fraction of sp³-hybridized carbons (Fsp3) is 0.250. The van der Waals surface area contributed by atoms with Gasteiger partial charge in [0.05, 0.1) is 5.36 Å². The molecule has 1 heteroatoms. The first-order valence-electron chi connectivity index (χ1n) is 1.58. The Balaban J connectivity index is 3.15. The summed E-state index contributed by atoms with van der Waals surface area (Å²) < 4.78 is 0. The highest BCUT2D eigenvalue weighted by atomic mass is 14.4. The molecule has 0 fully saturated rings. The van der Waals surface area contributed by atoms with Crippen molar-refractivity contribution in [2.24, 2.45) is 0 Å². The van der Waals surface area contributed by atoms with Crippen LogP contribution in [0, 0.1) is 12.3 Å². The molecule has 0 atom stereocenters. The Bertz CT molecular complexity index is 135. The molecule has 1 aromatic rings. The van der Waals surface area contributed by atoms with E-state index in [2.05, 4.69) is 0 Å². The Morgan fingerprint density at radius 3 is 2.00 bits per heavy atom. The van der Waals surface area contributed by atoms with Crippen LogP contribution in [-0.2, 0) is 0 Å². The minimum absolute atomic E-state index is 0.713. The summed E-state index contributed by atoms with van der Waals surface area (Å²) >= 11 is 0. The van der Waals surface area contributed by atoms with E-state index in [0.717, 1.165) is 5.56 Å². The molecule has 1 nitrogen and oxygen atoms in total. The fourth-order valence-corrected chi connectivity index (χ4v) is 0.180. The van der Waals surface area contributed by atoms with Gasteiger partial charge in [0.2, 0.25) is 0 Å². The SMILES string of the molecule is Cc1cc1=N. The molecular weight excluding hydrogens is 62.1 g/mol. The molecule has 26 valence electrons. The third-order valence-electron chi connectivity index (χ3n) is 0.702.